The highest BCUT2D eigenvalue weighted by molar-refractivity contribution is 6.32. The van der Waals surface area contributed by atoms with Crippen LogP contribution in [-0.2, 0) is 9.59 Å². The Kier molecular flexibility index (Phi) is 7.95. The van der Waals surface area contributed by atoms with Gasteiger partial charge in [0.1, 0.15) is 12.4 Å². The predicted octanol–water partition coefficient (Wildman–Crippen LogP) is 3.51. The van der Waals surface area contributed by atoms with Crippen LogP contribution >= 0.6 is 11.6 Å². The fourth-order valence-corrected chi connectivity index (χ4v) is 2.26. The molecule has 0 saturated carbocycles. The first-order chi connectivity index (χ1) is 13.0. The number of carbonyl (C=O) groups excluding carboxylic acids is 2. The van der Waals surface area contributed by atoms with E-state index >= 15 is 0 Å². The van der Waals surface area contributed by atoms with Crippen LogP contribution in [0.4, 0.5) is 5.69 Å². The maximum absolute atomic E-state index is 11.7. The molecular weight excluding hydrogens is 364 g/mol. The normalized spacial score (nSPS) is 10.0. The Balaban J connectivity index is 1.72. The van der Waals surface area contributed by atoms with Crippen molar-refractivity contribution in [1.29, 1.82) is 0 Å². The van der Waals surface area contributed by atoms with Crippen LogP contribution in [0.2, 0.25) is 5.02 Å². The third-order valence-electron chi connectivity index (χ3n) is 3.26. The number of hydrogen-bond donors (Lipinski definition) is 2. The smallest absolute Gasteiger partial charge is 0.244 e. The lowest BCUT2D eigenvalue weighted by molar-refractivity contribution is -0.116. The van der Waals surface area contributed by atoms with E-state index in [2.05, 4.69) is 22.5 Å². The van der Waals surface area contributed by atoms with E-state index in [-0.39, 0.29) is 25.0 Å². The van der Waals surface area contributed by atoms with Crippen LogP contribution in [0.25, 0.3) is 6.08 Å². The monoisotopic (exact) mass is 382 g/mol. The number of halogens is 1. The van der Waals surface area contributed by atoms with Crippen molar-refractivity contribution in [2.45, 2.75) is 6.92 Å². The number of anilines is 1. The molecule has 5 nitrogen and oxygen atoms in total. The standard InChI is InChI=1S/C21H19ClN2O3/c1-16(25)24-18-8-6-9-19(15-18)27-14-5-4-13-23-21(26)12-11-17-7-2-3-10-20(17)22/h2-3,6-12,15H,13-14H2,1H3,(H,23,26)(H,24,25)/b12-11+. The molecule has 0 aliphatic heterocycles. The van der Waals surface area contributed by atoms with Gasteiger partial charge >= 0.3 is 0 Å². The van der Waals surface area contributed by atoms with E-state index in [4.69, 9.17) is 16.3 Å². The van der Waals surface area contributed by atoms with E-state index in [9.17, 15) is 9.59 Å². The first kappa shape index (κ1) is 20.1. The molecule has 0 aliphatic rings. The summed E-state index contributed by atoms with van der Waals surface area (Å²) in [5.74, 6) is 5.82. The Hall–Kier alpha value is -3.23. The number of ether oxygens (including phenoxy) is 1. The van der Waals surface area contributed by atoms with Crippen LogP contribution in [0.1, 0.15) is 12.5 Å². The molecule has 0 aromatic heterocycles. The maximum Gasteiger partial charge on any atom is 0.244 e. The zero-order valence-electron chi connectivity index (χ0n) is 14.8. The minimum Gasteiger partial charge on any atom is -0.481 e. The van der Waals surface area contributed by atoms with Crippen molar-refractivity contribution >= 4 is 35.2 Å². The Morgan fingerprint density at radius 1 is 1.15 bits per heavy atom. The molecular formula is C21H19ClN2O3. The zero-order chi connectivity index (χ0) is 19.5. The predicted molar refractivity (Wildman–Crippen MR) is 108 cm³/mol. The lowest BCUT2D eigenvalue weighted by Crippen LogP contribution is -2.21. The number of nitrogens with one attached hydrogen (secondary N) is 2. The van der Waals surface area contributed by atoms with E-state index in [0.29, 0.717) is 16.5 Å². The van der Waals surface area contributed by atoms with E-state index < -0.39 is 0 Å². The highest BCUT2D eigenvalue weighted by Gasteiger charge is 1.98. The van der Waals surface area contributed by atoms with Gasteiger partial charge < -0.3 is 15.4 Å². The topological polar surface area (TPSA) is 67.4 Å². The van der Waals surface area contributed by atoms with Crippen LogP contribution in [0.15, 0.2) is 54.6 Å². The van der Waals surface area contributed by atoms with Crippen LogP contribution in [0.3, 0.4) is 0 Å². The lowest BCUT2D eigenvalue weighted by atomic mass is 10.2. The van der Waals surface area contributed by atoms with Crippen molar-refractivity contribution in [2.24, 2.45) is 0 Å². The Morgan fingerprint density at radius 3 is 2.74 bits per heavy atom. The average Bonchev–Trinajstić information content (AvgIpc) is 2.63. The van der Waals surface area contributed by atoms with Gasteiger partial charge in [-0.2, -0.15) is 0 Å². The fourth-order valence-electron chi connectivity index (χ4n) is 2.07. The van der Waals surface area contributed by atoms with Crippen molar-refractivity contribution in [3.05, 3.63) is 65.2 Å². The molecule has 0 aliphatic carbocycles. The maximum atomic E-state index is 11.7. The first-order valence-corrected chi connectivity index (χ1v) is 8.59. The molecule has 2 aromatic rings. The Labute approximate surface area is 163 Å². The molecule has 0 fully saturated rings. The fraction of sp³-hybridized carbons (Fsp3) is 0.143. The second-order valence-electron chi connectivity index (χ2n) is 5.42. The Morgan fingerprint density at radius 2 is 1.96 bits per heavy atom. The number of hydrogen-bond acceptors (Lipinski definition) is 3. The molecule has 2 N–H and O–H groups in total. The summed E-state index contributed by atoms with van der Waals surface area (Å²) < 4.78 is 5.49. The third kappa shape index (κ3) is 7.68. The van der Waals surface area contributed by atoms with Crippen LogP contribution in [0.5, 0.6) is 5.75 Å². The molecule has 0 unspecified atom stereocenters. The van der Waals surface area contributed by atoms with E-state index in [1.807, 2.05) is 18.2 Å². The molecule has 6 heteroatoms. The Bertz CT molecular complexity index is 898. The molecule has 0 spiro atoms. The van der Waals surface area contributed by atoms with Gasteiger partial charge in [-0.3, -0.25) is 9.59 Å². The van der Waals surface area contributed by atoms with E-state index in [1.165, 1.54) is 13.0 Å². The molecule has 138 valence electrons. The molecule has 0 radical (unpaired) electrons. The van der Waals surface area contributed by atoms with Crippen molar-refractivity contribution in [1.82, 2.24) is 5.32 Å². The second-order valence-corrected chi connectivity index (χ2v) is 5.83. The first-order valence-electron chi connectivity index (χ1n) is 8.21. The van der Waals surface area contributed by atoms with Gasteiger partial charge in [0.25, 0.3) is 0 Å². The van der Waals surface area contributed by atoms with E-state index in [1.54, 1.807) is 36.4 Å². The van der Waals surface area contributed by atoms with Crippen molar-refractivity contribution in [2.75, 3.05) is 18.5 Å². The van der Waals surface area contributed by atoms with E-state index in [0.717, 1.165) is 5.56 Å². The summed E-state index contributed by atoms with van der Waals surface area (Å²) in [5.41, 5.74) is 1.43. The summed E-state index contributed by atoms with van der Waals surface area (Å²) in [5, 5.41) is 5.92. The minimum atomic E-state index is -0.256. The summed E-state index contributed by atoms with van der Waals surface area (Å²) in [6.07, 6.45) is 3.06. The molecule has 0 bridgehead atoms. The SMILES string of the molecule is CC(=O)Nc1cccc(OCC#CCNC(=O)/C=C/c2ccccc2Cl)c1. The van der Waals surface area contributed by atoms with Gasteiger partial charge in [-0.1, -0.05) is 47.7 Å². The lowest BCUT2D eigenvalue weighted by Gasteiger charge is -2.05. The summed E-state index contributed by atoms with van der Waals surface area (Å²) in [6, 6.07) is 14.3. The summed E-state index contributed by atoms with van der Waals surface area (Å²) >= 11 is 6.01. The van der Waals surface area contributed by atoms with Gasteiger partial charge in [-0.15, -0.1) is 0 Å². The molecule has 2 rings (SSSR count). The number of benzene rings is 2. The average molecular weight is 383 g/mol. The zero-order valence-corrected chi connectivity index (χ0v) is 15.5. The van der Waals surface area contributed by atoms with Crippen molar-refractivity contribution in [3.63, 3.8) is 0 Å². The molecule has 2 aromatic carbocycles. The van der Waals surface area contributed by atoms with Gasteiger partial charge in [-0.25, -0.2) is 0 Å². The minimum absolute atomic E-state index is 0.147. The number of amides is 2. The van der Waals surface area contributed by atoms with Crippen LogP contribution in [-0.4, -0.2) is 25.0 Å². The molecule has 0 saturated heterocycles. The number of rotatable bonds is 6. The summed E-state index contributed by atoms with van der Waals surface area (Å²) in [6.45, 7) is 1.83. The third-order valence-corrected chi connectivity index (χ3v) is 3.61. The molecule has 27 heavy (non-hydrogen) atoms. The highest BCUT2D eigenvalue weighted by Crippen LogP contribution is 2.17. The summed E-state index contributed by atoms with van der Waals surface area (Å²) in [7, 11) is 0. The number of carbonyl (C=O) groups is 2. The second kappa shape index (κ2) is 10.7. The van der Waals surface area contributed by atoms with Gasteiger partial charge in [0.15, 0.2) is 0 Å². The van der Waals surface area contributed by atoms with Gasteiger partial charge in [0, 0.05) is 29.8 Å². The summed E-state index contributed by atoms with van der Waals surface area (Å²) in [4.78, 5) is 22.8. The highest BCUT2D eigenvalue weighted by atomic mass is 35.5. The van der Waals surface area contributed by atoms with Crippen LogP contribution in [0, 0.1) is 11.8 Å². The van der Waals surface area contributed by atoms with Crippen LogP contribution < -0.4 is 15.4 Å². The molecule has 0 heterocycles. The quantitative estimate of drug-likeness (QED) is 0.593. The van der Waals surface area contributed by atoms with Gasteiger partial charge in [-0.05, 0) is 29.8 Å². The van der Waals surface area contributed by atoms with Gasteiger partial charge in [0.05, 0.1) is 6.54 Å². The molecule has 0 atom stereocenters. The largest absolute Gasteiger partial charge is 0.481 e. The molecule has 2 amide bonds. The van der Waals surface area contributed by atoms with Crippen molar-refractivity contribution < 1.29 is 14.3 Å². The van der Waals surface area contributed by atoms with Gasteiger partial charge in [0.2, 0.25) is 11.8 Å². The van der Waals surface area contributed by atoms with Crippen molar-refractivity contribution in [3.8, 4) is 17.6 Å².